The van der Waals surface area contributed by atoms with E-state index in [0.717, 1.165) is 30.4 Å². The van der Waals surface area contributed by atoms with Gasteiger partial charge in [0.1, 0.15) is 30.0 Å². The molecule has 0 saturated carbocycles. The van der Waals surface area contributed by atoms with E-state index in [1.807, 2.05) is 27.7 Å². The Labute approximate surface area is 265 Å². The monoisotopic (exact) mass is 674 g/mol. The number of hydrogen-bond acceptors (Lipinski definition) is 13. The summed E-state index contributed by atoms with van der Waals surface area (Å²) >= 11 is 2.07. The average molecular weight is 675 g/mol. The van der Waals surface area contributed by atoms with Gasteiger partial charge in [-0.15, -0.1) is 6.42 Å². The molecule has 12 nitrogen and oxygen atoms in total. The number of ether oxygens (including phenoxy) is 1. The lowest BCUT2D eigenvalue weighted by molar-refractivity contribution is -0.112. The van der Waals surface area contributed by atoms with Crippen LogP contribution in [0.3, 0.4) is 0 Å². The molecule has 0 aliphatic carbocycles. The molecule has 3 rings (SSSR count). The van der Waals surface area contributed by atoms with E-state index in [1.54, 1.807) is 0 Å². The number of anilines is 1. The van der Waals surface area contributed by atoms with Crippen LogP contribution in [0.25, 0.3) is 11.0 Å². The Bertz CT molecular complexity index is 1370. The van der Waals surface area contributed by atoms with E-state index in [1.165, 1.54) is 17.1 Å². The van der Waals surface area contributed by atoms with Gasteiger partial charge in [-0.25, -0.2) is 18.9 Å². The van der Waals surface area contributed by atoms with Crippen molar-refractivity contribution in [2.45, 2.75) is 71.6 Å². The first-order valence-corrected chi connectivity index (χ1v) is 17.6. The number of nitrogens with two attached hydrogens (primary N) is 1. The molecule has 1 saturated heterocycles. The Balaban J connectivity index is 1.70. The smallest absolute Gasteiger partial charge is 0.387 e. The summed E-state index contributed by atoms with van der Waals surface area (Å²) in [5, 5.41) is 11.2. The normalized spacial score (nSPS) is 22.2. The van der Waals surface area contributed by atoms with Crippen molar-refractivity contribution in [1.82, 2.24) is 14.5 Å². The van der Waals surface area contributed by atoms with Crippen LogP contribution in [0.1, 0.15) is 59.3 Å². The van der Waals surface area contributed by atoms with Crippen molar-refractivity contribution in [2.24, 2.45) is 11.8 Å². The van der Waals surface area contributed by atoms with E-state index in [0.29, 0.717) is 23.8 Å². The van der Waals surface area contributed by atoms with Crippen LogP contribution in [0.2, 0.25) is 0 Å². The zero-order valence-electron chi connectivity index (χ0n) is 25.4. The molecule has 3 heterocycles. The zero-order valence-corrected chi connectivity index (χ0v) is 28.0. The minimum absolute atomic E-state index is 0.0337. The minimum atomic E-state index is -4.29. The van der Waals surface area contributed by atoms with Crippen LogP contribution in [-0.4, -0.2) is 79.1 Å². The van der Waals surface area contributed by atoms with Gasteiger partial charge in [0.15, 0.2) is 22.1 Å². The number of nitrogen functional groups attached to an aromatic ring is 1. The van der Waals surface area contributed by atoms with E-state index in [-0.39, 0.29) is 58.3 Å². The molecule has 0 amide bonds. The van der Waals surface area contributed by atoms with E-state index < -0.39 is 38.5 Å². The van der Waals surface area contributed by atoms with E-state index >= 15 is 4.39 Å². The number of rotatable bonds is 16. The summed E-state index contributed by atoms with van der Waals surface area (Å²) in [7, 11) is -4.29. The summed E-state index contributed by atoms with van der Waals surface area (Å²) in [6.07, 6.45) is 4.58. The van der Waals surface area contributed by atoms with Crippen molar-refractivity contribution in [3.8, 4) is 12.3 Å². The second-order valence-corrected chi connectivity index (χ2v) is 15.2. The number of alkyl halides is 1. The van der Waals surface area contributed by atoms with Crippen molar-refractivity contribution in [3.63, 3.8) is 0 Å². The maximum atomic E-state index is 16.0. The van der Waals surface area contributed by atoms with Gasteiger partial charge in [-0.2, -0.15) is 0 Å². The van der Waals surface area contributed by atoms with Crippen molar-refractivity contribution in [1.29, 1.82) is 0 Å². The van der Waals surface area contributed by atoms with Gasteiger partial charge < -0.3 is 20.1 Å². The molecule has 4 atom stereocenters. The summed E-state index contributed by atoms with van der Waals surface area (Å²) in [4.78, 5) is 32.2. The van der Waals surface area contributed by atoms with Gasteiger partial charge in [0.25, 0.3) is 0 Å². The number of phosphoric acid groups is 1. The number of terminal acetylenes is 1. The number of hydrogen-bond donors (Lipinski definition) is 2. The molecule has 44 heavy (non-hydrogen) atoms. The number of phosphoric ester groups is 1. The van der Waals surface area contributed by atoms with Crippen LogP contribution in [-0.2, 0) is 32.5 Å². The highest BCUT2D eigenvalue weighted by molar-refractivity contribution is 8.13. The molecule has 244 valence electrons. The van der Waals surface area contributed by atoms with Crippen LogP contribution in [0.5, 0.6) is 0 Å². The number of fused-ring (bicyclic) bond motifs is 1. The minimum Gasteiger partial charge on any atom is -0.387 e. The van der Waals surface area contributed by atoms with Crippen LogP contribution in [0.4, 0.5) is 10.2 Å². The predicted molar refractivity (Wildman–Crippen MR) is 169 cm³/mol. The summed E-state index contributed by atoms with van der Waals surface area (Å²) in [5.74, 6) is 3.35. The summed E-state index contributed by atoms with van der Waals surface area (Å²) in [6, 6.07) is 0. The topological polar surface area (TPSA) is 165 Å². The molecule has 1 fully saturated rings. The number of aromatic nitrogens is 3. The molecule has 3 N–H and O–H groups in total. The standard InChI is InChI=1S/C28H40FN4O8PS2/c1-7-19-14-33(26-23(19)25(30)31-16-32-26)27-28(6,29)24(36)20(41-27)15-40-42(37,38-8-10-43-21(34)12-17(2)3)39-9-11-44-22(35)13-18(4)5/h1,14,16-18,20,24,27,36H,8-13,15H2,2-6H3,(H2,30,31,32)/t20-,24-,27-,28-/m1/s1. The van der Waals surface area contributed by atoms with E-state index in [4.69, 9.17) is 30.5 Å². The third-order valence-electron chi connectivity index (χ3n) is 6.50. The molecule has 2 aromatic rings. The van der Waals surface area contributed by atoms with Crippen LogP contribution >= 0.6 is 31.3 Å². The third kappa shape index (κ3) is 9.50. The number of nitrogens with zero attached hydrogens (tertiary/aromatic N) is 3. The molecule has 0 aromatic carbocycles. The highest BCUT2D eigenvalue weighted by Gasteiger charge is 2.56. The Hall–Kier alpha value is -2.02. The van der Waals surface area contributed by atoms with Gasteiger partial charge in [-0.1, -0.05) is 57.1 Å². The Kier molecular flexibility index (Phi) is 13.3. The molecule has 0 unspecified atom stereocenters. The summed E-state index contributed by atoms with van der Waals surface area (Å²) in [6.45, 7) is 8.01. The molecular formula is C28H40FN4O8PS2. The summed E-state index contributed by atoms with van der Waals surface area (Å²) < 4.78 is 53.2. The van der Waals surface area contributed by atoms with Crippen LogP contribution < -0.4 is 5.73 Å². The highest BCUT2D eigenvalue weighted by Crippen LogP contribution is 2.51. The van der Waals surface area contributed by atoms with Gasteiger partial charge in [0.05, 0.1) is 30.8 Å². The van der Waals surface area contributed by atoms with Crippen molar-refractivity contribution in [2.75, 3.05) is 37.1 Å². The van der Waals surface area contributed by atoms with Gasteiger partial charge in [0, 0.05) is 30.5 Å². The third-order valence-corrected chi connectivity index (χ3v) is 9.68. The lowest BCUT2D eigenvalue weighted by Gasteiger charge is -2.25. The Morgan fingerprint density at radius 3 is 2.25 bits per heavy atom. The van der Waals surface area contributed by atoms with Gasteiger partial charge in [-0.05, 0) is 18.8 Å². The van der Waals surface area contributed by atoms with E-state index in [9.17, 15) is 19.3 Å². The molecule has 1 aliphatic rings. The Morgan fingerprint density at radius 1 is 1.16 bits per heavy atom. The molecular weight excluding hydrogens is 634 g/mol. The SMILES string of the molecule is C#Cc1cn([C@@H]2O[C@H](COP(=O)(OCCSC(=O)CC(C)C)OCCSC(=O)CC(C)C)[C@@H](O)[C@@]2(C)F)c2ncnc(N)c12. The molecule has 0 bridgehead atoms. The average Bonchev–Trinajstić information content (AvgIpc) is 3.42. The number of carbonyl (C=O) groups is 2. The number of thioether (sulfide) groups is 2. The fraction of sp³-hybridized carbons (Fsp3) is 0.643. The number of carbonyl (C=O) groups excluding carboxylic acids is 2. The van der Waals surface area contributed by atoms with Gasteiger partial charge in [0.2, 0.25) is 0 Å². The number of aliphatic hydroxyl groups excluding tert-OH is 1. The molecule has 2 aromatic heterocycles. The highest BCUT2D eigenvalue weighted by atomic mass is 32.2. The second-order valence-electron chi connectivity index (χ2n) is 11.2. The molecule has 1 aliphatic heterocycles. The van der Waals surface area contributed by atoms with Crippen molar-refractivity contribution < 1.29 is 42.0 Å². The number of aliphatic hydroxyl groups is 1. The predicted octanol–water partition coefficient (Wildman–Crippen LogP) is 4.75. The molecule has 16 heteroatoms. The fourth-order valence-electron chi connectivity index (χ4n) is 4.42. The summed E-state index contributed by atoms with van der Waals surface area (Å²) in [5.41, 5.74) is 4.13. The number of halogens is 1. The lowest BCUT2D eigenvalue weighted by atomic mass is 9.98. The fourth-order valence-corrected chi connectivity index (χ4v) is 7.54. The van der Waals surface area contributed by atoms with Crippen molar-refractivity contribution in [3.05, 3.63) is 18.1 Å². The first kappa shape index (κ1) is 36.4. The second kappa shape index (κ2) is 16.0. The van der Waals surface area contributed by atoms with Gasteiger partial charge >= 0.3 is 7.82 Å². The first-order valence-electron chi connectivity index (χ1n) is 14.1. The molecule has 0 radical (unpaired) electrons. The maximum Gasteiger partial charge on any atom is 0.474 e. The Morgan fingerprint density at radius 2 is 1.73 bits per heavy atom. The molecule has 0 spiro atoms. The lowest BCUT2D eigenvalue weighted by Crippen LogP contribution is -2.40. The first-order chi connectivity index (χ1) is 20.7. The van der Waals surface area contributed by atoms with E-state index in [2.05, 4.69) is 15.9 Å². The zero-order chi connectivity index (χ0) is 32.7. The quantitative estimate of drug-likeness (QED) is 0.142. The van der Waals surface area contributed by atoms with Crippen molar-refractivity contribution >= 4 is 58.4 Å². The maximum absolute atomic E-state index is 16.0. The van der Waals surface area contributed by atoms with Crippen LogP contribution in [0.15, 0.2) is 12.5 Å². The van der Waals surface area contributed by atoms with Gasteiger partial charge in [-0.3, -0.25) is 23.2 Å². The largest absolute Gasteiger partial charge is 0.474 e. The van der Waals surface area contributed by atoms with Crippen LogP contribution in [0, 0.1) is 24.2 Å².